The number of benzene rings is 7. The number of rotatable bonds is 15. The van der Waals surface area contributed by atoms with Crippen LogP contribution in [0.5, 0.6) is 69.0 Å². The van der Waals surface area contributed by atoms with Gasteiger partial charge in [0.15, 0.2) is 31.3 Å². The maximum absolute atomic E-state index is 16.5. The molecular weight excluding hydrogens is 1350 g/mol. The molecule has 0 aliphatic carbocycles. The van der Waals surface area contributed by atoms with Crippen LogP contribution in [-0.2, 0) is 47.4 Å². The fraction of sp³-hybridized carbons (Fsp3) is 0.360. The van der Waals surface area contributed by atoms with E-state index in [1.165, 1.54) is 97.3 Å². The molecule has 0 saturated heterocycles. The Morgan fingerprint density at radius 1 is 0.485 bits per heavy atom. The molecule has 6 aliphatic heterocycles. The second-order valence-electron chi connectivity index (χ2n) is 26.5. The number of methoxy groups -OCH3 is 7. The number of aliphatic hydroxyl groups is 1. The van der Waals surface area contributed by atoms with E-state index in [0.29, 0.717) is 33.6 Å². The van der Waals surface area contributed by atoms with Crippen molar-refractivity contribution in [2.45, 2.75) is 100 Å². The average molecular weight is 1430 g/mol. The van der Waals surface area contributed by atoms with E-state index in [2.05, 4.69) is 31.9 Å². The van der Waals surface area contributed by atoms with Crippen LogP contribution in [0.15, 0.2) is 121 Å². The highest BCUT2D eigenvalue weighted by atomic mass is 28.4. The van der Waals surface area contributed by atoms with Crippen LogP contribution in [0.2, 0.25) is 18.1 Å². The fourth-order valence-electron chi connectivity index (χ4n) is 12.3. The van der Waals surface area contributed by atoms with Gasteiger partial charge in [-0.15, -0.1) is 0 Å². The first-order chi connectivity index (χ1) is 49.3. The van der Waals surface area contributed by atoms with Gasteiger partial charge in [0.1, 0.15) is 89.4 Å². The molecule has 13 rings (SSSR count). The molecule has 103 heavy (non-hydrogen) atoms. The summed E-state index contributed by atoms with van der Waals surface area (Å²) in [6, 6.07) is 19.5. The number of fused-ring (bicyclic) bond motifs is 14. The topological polar surface area (TPSA) is 341 Å². The summed E-state index contributed by atoms with van der Waals surface area (Å²) in [5.41, 5.74) is 9.02. The number of hydrogen-bond acceptors (Lipinski definition) is 21. The highest BCUT2D eigenvalue weighted by Gasteiger charge is 2.46. The first kappa shape index (κ1) is 73.7. The third-order valence-electron chi connectivity index (χ3n) is 19.0. The van der Waals surface area contributed by atoms with E-state index in [9.17, 15) is 9.90 Å². The van der Waals surface area contributed by atoms with Gasteiger partial charge in [0.25, 0.3) is 0 Å². The van der Waals surface area contributed by atoms with Crippen molar-refractivity contribution in [1.82, 2.24) is 31.9 Å². The Morgan fingerprint density at radius 3 is 1.62 bits per heavy atom. The van der Waals surface area contributed by atoms with Crippen LogP contribution in [0.3, 0.4) is 0 Å². The van der Waals surface area contributed by atoms with E-state index < -0.39 is 103 Å². The van der Waals surface area contributed by atoms with Crippen molar-refractivity contribution in [2.24, 2.45) is 5.73 Å². The van der Waals surface area contributed by atoms with E-state index >= 15 is 24.0 Å². The lowest BCUT2D eigenvalue weighted by Crippen LogP contribution is -2.57. The largest absolute Gasteiger partial charge is 0.497 e. The van der Waals surface area contributed by atoms with Crippen LogP contribution in [0, 0.1) is 6.92 Å². The summed E-state index contributed by atoms with van der Waals surface area (Å²) in [6.07, 6.45) is -3.11. The highest BCUT2D eigenvalue weighted by Crippen LogP contribution is 2.49. The summed E-state index contributed by atoms with van der Waals surface area (Å²) in [5.74, 6) is -4.23. The highest BCUT2D eigenvalue weighted by molar-refractivity contribution is 6.74. The van der Waals surface area contributed by atoms with Gasteiger partial charge in [0.05, 0.1) is 74.6 Å². The molecule has 0 fully saturated rings. The molecule has 6 heterocycles. The molecule has 27 nitrogen and oxygen atoms in total. The number of carbonyl (C=O) groups is 6. The zero-order valence-corrected chi connectivity index (χ0v) is 60.4. The molecule has 7 aromatic rings. The average Bonchev–Trinajstić information content (AvgIpc) is 0.772. The Morgan fingerprint density at radius 2 is 1.02 bits per heavy atom. The lowest BCUT2D eigenvalue weighted by molar-refractivity contribution is -0.137. The second-order valence-corrected chi connectivity index (χ2v) is 31.2. The predicted octanol–water partition coefficient (Wildman–Crippen LogP) is 8.88. The Kier molecular flexibility index (Phi) is 22.2. The molecule has 0 saturated carbocycles. The van der Waals surface area contributed by atoms with Gasteiger partial charge in [-0.1, -0.05) is 57.2 Å². The number of nitrogens with two attached hydrogens (primary N) is 1. The van der Waals surface area contributed by atoms with Crippen molar-refractivity contribution < 1.29 is 95.1 Å². The minimum atomic E-state index is -3.01. The van der Waals surface area contributed by atoms with E-state index in [1.807, 2.05) is 33.9 Å². The maximum Gasteiger partial charge on any atom is 0.248 e. The molecule has 6 aliphatic rings. The van der Waals surface area contributed by atoms with Gasteiger partial charge in [-0.25, -0.2) is 0 Å². The smallest absolute Gasteiger partial charge is 0.248 e. The molecule has 7 aromatic carbocycles. The monoisotopic (exact) mass is 1430 g/mol. The summed E-state index contributed by atoms with van der Waals surface area (Å²) < 4.78 is 80.4. The first-order valence-electron chi connectivity index (χ1n) is 33.1. The Hall–Kier alpha value is -10.5. The molecule has 2 unspecified atom stereocenters. The van der Waals surface area contributed by atoms with Crippen molar-refractivity contribution in [2.75, 3.05) is 76.4 Å². The SMILES string of the molecule is COCCOCOCC1NC(=O)[C@H]2NC(=O)[C@H](NC(=O)[C@@H]3NC(=O)C4NC(=O)[C@H](NC(=O)[C@@H](N)c5ccc(OC)c(c5)Oc5cc4cc(OC)c5C)[C@H](O)c4ccc(cc4)Oc4cc3cc(c4OC)Oc3ccc(cc3)[C@H]2O[Si](C)(C)C(C)(C)C)c2ccc(OC)c(c2)-c2c(OC)cc(OC)cc21. The zero-order chi connectivity index (χ0) is 73.8. The Balaban J connectivity index is 1.17. The first-order valence-corrected chi connectivity index (χ1v) is 36.1. The van der Waals surface area contributed by atoms with E-state index in [-0.39, 0.29) is 118 Å². The van der Waals surface area contributed by atoms with Crippen LogP contribution in [-0.4, -0.2) is 137 Å². The molecule has 9 N–H and O–H groups in total. The zero-order valence-electron chi connectivity index (χ0n) is 59.4. The van der Waals surface area contributed by atoms with E-state index in [1.54, 1.807) is 80.8 Å². The van der Waals surface area contributed by atoms with Gasteiger partial charge in [-0.2, -0.15) is 0 Å². The lowest BCUT2D eigenvalue weighted by Gasteiger charge is -2.42. The normalized spacial score (nSPS) is 21.2. The predicted molar refractivity (Wildman–Crippen MR) is 377 cm³/mol. The fourth-order valence-corrected chi connectivity index (χ4v) is 13.6. The van der Waals surface area contributed by atoms with Crippen molar-refractivity contribution >= 4 is 43.8 Å². The van der Waals surface area contributed by atoms with Crippen LogP contribution >= 0.6 is 0 Å². The van der Waals surface area contributed by atoms with Gasteiger partial charge in [-0.3, -0.25) is 28.8 Å². The number of nitrogens with one attached hydrogen (secondary N) is 6. The van der Waals surface area contributed by atoms with Gasteiger partial charge >= 0.3 is 0 Å². The molecular formula is C75H85N7O20Si. The summed E-state index contributed by atoms with van der Waals surface area (Å²) >= 11 is 0. The summed E-state index contributed by atoms with van der Waals surface area (Å²) in [6.45, 7) is 11.9. The number of carbonyl (C=O) groups excluding carboxylic acids is 6. The number of ether oxygens (including phenoxy) is 12. The van der Waals surface area contributed by atoms with Gasteiger partial charge < -0.3 is 104 Å². The number of amides is 6. The Bertz CT molecular complexity index is 4360. The van der Waals surface area contributed by atoms with Gasteiger partial charge in [-0.05, 0) is 143 Å². The standard InChI is InChI=1S/C75H85N7O20Si/c1-38-53(94-9)30-43-31-54(38)101-55-29-41(18-25-52(55)93-8)60(76)69(84)81-64-66(83)39-14-20-45(21-15-39)99-57-32-44-33-58(68(57)96-11)100-46-22-16-40(17-23-46)67(102-103(12,13)75(2,3)4)65-74(89)77-50(36-98-37-97-27-26-90-5)48-34-47(91-6)35-56(95-10)59(48)49-28-42(19-24-51(49)92-7)61(70(85)82-65)78-71(86)63(44)79-72(87)62(43)80-73(64)88/h14-25,28-35,50,60-67,83H,26-27,36-37,76H2,1-13H3,(H,77,89)(H,78,86)(H,79,87)(H,80,88)(H,81,84)(H,82,85)/t50?,60-,61+,62?,63+,64+,65-,66+,67+/m0/s1. The molecule has 0 radical (unpaired) electrons. The van der Waals surface area contributed by atoms with Gasteiger partial charge in [0.2, 0.25) is 41.2 Å². The minimum Gasteiger partial charge on any atom is -0.497 e. The van der Waals surface area contributed by atoms with Crippen molar-refractivity contribution in [3.63, 3.8) is 0 Å². The third-order valence-corrected chi connectivity index (χ3v) is 23.5. The lowest BCUT2D eigenvalue weighted by atomic mass is 9.89. The molecule has 6 amide bonds. The maximum atomic E-state index is 16.5. The van der Waals surface area contributed by atoms with E-state index in [4.69, 9.17) is 67.0 Å². The molecule has 544 valence electrons. The molecule has 0 aromatic heterocycles. The van der Waals surface area contributed by atoms with Crippen molar-refractivity contribution in [1.29, 1.82) is 0 Å². The molecule has 17 bridgehead atoms. The van der Waals surface area contributed by atoms with Crippen LogP contribution in [0.4, 0.5) is 0 Å². The van der Waals surface area contributed by atoms with E-state index in [0.717, 1.165) is 0 Å². The number of hydrogen-bond donors (Lipinski definition) is 8. The minimum absolute atomic E-state index is 0.00199. The molecule has 9 atom stereocenters. The van der Waals surface area contributed by atoms with Crippen LogP contribution in [0.1, 0.15) is 108 Å². The molecule has 28 heteroatoms. The van der Waals surface area contributed by atoms with Gasteiger partial charge in [0, 0.05) is 29.9 Å². The van der Waals surface area contributed by atoms with Crippen molar-refractivity contribution in [3.8, 4) is 80.1 Å². The van der Waals surface area contributed by atoms with Crippen LogP contribution < -0.4 is 80.3 Å². The number of aliphatic hydroxyl groups excluding tert-OH is 1. The third kappa shape index (κ3) is 15.5. The van der Waals surface area contributed by atoms with Crippen LogP contribution in [0.25, 0.3) is 11.1 Å². The summed E-state index contributed by atoms with van der Waals surface area (Å²) in [7, 11) is 7.10. The Labute approximate surface area is 596 Å². The van der Waals surface area contributed by atoms with Crippen molar-refractivity contribution in [3.05, 3.63) is 166 Å². The molecule has 0 spiro atoms. The summed E-state index contributed by atoms with van der Waals surface area (Å²) in [5, 5.41) is 29.4. The second kappa shape index (κ2) is 31.0. The quantitative estimate of drug-likeness (QED) is 0.0270. The summed E-state index contributed by atoms with van der Waals surface area (Å²) in [4.78, 5) is 95.2.